The molecule has 0 unspecified atom stereocenters. The van der Waals surface area contributed by atoms with Gasteiger partial charge in [0.25, 0.3) is 5.56 Å². The van der Waals surface area contributed by atoms with Gasteiger partial charge in [0.1, 0.15) is 0 Å². The van der Waals surface area contributed by atoms with Gasteiger partial charge < -0.3 is 8.92 Å². The van der Waals surface area contributed by atoms with Crippen molar-refractivity contribution < 1.29 is 17.3 Å². The Labute approximate surface area is 158 Å². The standard InChI is InChI=1S/C18H14N2O5S2/c1-24-15-9-11(7-8-14(15)25-27(2,22)23)10-16-17(21)20-13-6-4-3-5-12(13)19-18(20)26-16/h3-10H,1-2H3. The zero-order valence-electron chi connectivity index (χ0n) is 14.4. The lowest BCUT2D eigenvalue weighted by atomic mass is 10.2. The molecule has 7 nitrogen and oxygen atoms in total. The highest BCUT2D eigenvalue weighted by Gasteiger charge is 2.13. The van der Waals surface area contributed by atoms with Crippen molar-refractivity contribution >= 4 is 43.5 Å². The molecule has 0 atom stereocenters. The molecule has 27 heavy (non-hydrogen) atoms. The van der Waals surface area contributed by atoms with E-state index in [9.17, 15) is 13.2 Å². The smallest absolute Gasteiger partial charge is 0.306 e. The van der Waals surface area contributed by atoms with E-state index in [0.717, 1.165) is 17.3 Å². The fourth-order valence-electron chi connectivity index (χ4n) is 2.77. The summed E-state index contributed by atoms with van der Waals surface area (Å²) in [5.41, 5.74) is 2.07. The molecule has 4 aromatic rings. The first-order valence-electron chi connectivity index (χ1n) is 7.85. The van der Waals surface area contributed by atoms with E-state index in [-0.39, 0.29) is 17.1 Å². The lowest BCUT2D eigenvalue weighted by molar-refractivity contribution is 0.391. The predicted octanol–water partition coefficient (Wildman–Crippen LogP) is 1.80. The molecule has 0 bridgehead atoms. The number of fused-ring (bicyclic) bond motifs is 3. The molecule has 0 saturated heterocycles. The van der Waals surface area contributed by atoms with Gasteiger partial charge in [-0.25, -0.2) is 9.38 Å². The van der Waals surface area contributed by atoms with E-state index in [0.29, 0.717) is 15.1 Å². The van der Waals surface area contributed by atoms with Crippen LogP contribution in [0.25, 0.3) is 22.1 Å². The van der Waals surface area contributed by atoms with Crippen molar-refractivity contribution in [2.75, 3.05) is 13.4 Å². The maximum Gasteiger partial charge on any atom is 0.306 e. The number of benzene rings is 2. The number of hydrogen-bond acceptors (Lipinski definition) is 7. The fraction of sp³-hybridized carbons (Fsp3) is 0.111. The van der Waals surface area contributed by atoms with Gasteiger partial charge in [-0.15, -0.1) is 0 Å². The topological polar surface area (TPSA) is 87.0 Å². The number of para-hydroxylation sites is 2. The molecule has 2 aromatic carbocycles. The Bertz CT molecular complexity index is 1390. The third kappa shape index (κ3) is 3.26. The van der Waals surface area contributed by atoms with Gasteiger partial charge >= 0.3 is 10.1 Å². The van der Waals surface area contributed by atoms with Gasteiger partial charge in [-0.2, -0.15) is 8.42 Å². The Balaban J connectivity index is 1.84. The van der Waals surface area contributed by atoms with Crippen LogP contribution in [0.15, 0.2) is 47.3 Å². The van der Waals surface area contributed by atoms with Crippen molar-refractivity contribution in [2.24, 2.45) is 0 Å². The van der Waals surface area contributed by atoms with Gasteiger partial charge in [0.2, 0.25) is 0 Å². The summed E-state index contributed by atoms with van der Waals surface area (Å²) in [6.45, 7) is 0. The van der Waals surface area contributed by atoms with Gasteiger partial charge in [-0.05, 0) is 35.9 Å². The number of hydrogen-bond donors (Lipinski definition) is 0. The van der Waals surface area contributed by atoms with Crippen LogP contribution >= 0.6 is 11.3 Å². The second kappa shape index (κ2) is 6.36. The van der Waals surface area contributed by atoms with E-state index in [1.807, 2.05) is 24.3 Å². The summed E-state index contributed by atoms with van der Waals surface area (Å²) in [5.74, 6) is 0.347. The van der Waals surface area contributed by atoms with Crippen LogP contribution in [0.1, 0.15) is 5.56 Å². The highest BCUT2D eigenvalue weighted by atomic mass is 32.2. The first-order chi connectivity index (χ1) is 12.9. The van der Waals surface area contributed by atoms with Crippen LogP contribution in [0.5, 0.6) is 11.5 Å². The molecule has 0 radical (unpaired) electrons. The van der Waals surface area contributed by atoms with Gasteiger partial charge in [0.15, 0.2) is 16.5 Å². The first-order valence-corrected chi connectivity index (χ1v) is 10.5. The summed E-state index contributed by atoms with van der Waals surface area (Å²) >= 11 is 1.29. The monoisotopic (exact) mass is 402 g/mol. The number of ether oxygens (including phenoxy) is 1. The molecule has 0 amide bonds. The molecular formula is C18H14N2O5S2. The zero-order chi connectivity index (χ0) is 19.2. The summed E-state index contributed by atoms with van der Waals surface area (Å²) in [6, 6.07) is 12.2. The Morgan fingerprint density at radius 2 is 1.93 bits per heavy atom. The zero-order valence-corrected chi connectivity index (χ0v) is 16.0. The molecule has 2 aromatic heterocycles. The Hall–Kier alpha value is -2.91. The second-order valence-electron chi connectivity index (χ2n) is 5.83. The van der Waals surface area contributed by atoms with Crippen molar-refractivity contribution in [3.05, 3.63) is 62.9 Å². The van der Waals surface area contributed by atoms with E-state index in [1.54, 1.807) is 22.6 Å². The number of thiazole rings is 1. The molecule has 138 valence electrons. The van der Waals surface area contributed by atoms with Crippen LogP contribution in [0, 0.1) is 0 Å². The Kier molecular flexibility index (Phi) is 4.12. The number of rotatable bonds is 4. The molecule has 0 saturated carbocycles. The quantitative estimate of drug-likeness (QED) is 0.484. The molecule has 4 rings (SSSR count). The molecule has 0 fully saturated rings. The third-order valence-electron chi connectivity index (χ3n) is 3.87. The molecule has 9 heteroatoms. The largest absolute Gasteiger partial charge is 0.493 e. The Morgan fingerprint density at radius 1 is 1.15 bits per heavy atom. The van der Waals surface area contributed by atoms with Crippen LogP contribution in [0.4, 0.5) is 0 Å². The minimum Gasteiger partial charge on any atom is -0.493 e. The van der Waals surface area contributed by atoms with Crippen LogP contribution < -0.4 is 19.0 Å². The molecule has 0 spiro atoms. The molecule has 0 aliphatic carbocycles. The van der Waals surface area contributed by atoms with Gasteiger partial charge in [-0.3, -0.25) is 4.79 Å². The third-order valence-corrected chi connectivity index (χ3v) is 5.32. The summed E-state index contributed by atoms with van der Waals surface area (Å²) in [4.78, 5) is 17.9. The average molecular weight is 402 g/mol. The van der Waals surface area contributed by atoms with Crippen LogP contribution in [0.2, 0.25) is 0 Å². The molecular weight excluding hydrogens is 388 g/mol. The summed E-state index contributed by atoms with van der Waals surface area (Å²) < 4.78 is 34.9. The Morgan fingerprint density at radius 3 is 2.67 bits per heavy atom. The maximum atomic E-state index is 12.8. The maximum absolute atomic E-state index is 12.8. The average Bonchev–Trinajstić information content (AvgIpc) is 3.12. The predicted molar refractivity (Wildman–Crippen MR) is 104 cm³/mol. The van der Waals surface area contributed by atoms with Crippen molar-refractivity contribution in [2.45, 2.75) is 0 Å². The second-order valence-corrected chi connectivity index (χ2v) is 8.42. The number of aromatic nitrogens is 2. The highest BCUT2D eigenvalue weighted by molar-refractivity contribution is 7.86. The van der Waals surface area contributed by atoms with Crippen molar-refractivity contribution in [3.8, 4) is 11.5 Å². The van der Waals surface area contributed by atoms with Gasteiger partial charge in [-0.1, -0.05) is 29.5 Å². The van der Waals surface area contributed by atoms with Crippen molar-refractivity contribution in [1.29, 1.82) is 0 Å². The summed E-state index contributed by atoms with van der Waals surface area (Å²) in [7, 11) is -2.25. The van der Waals surface area contributed by atoms with Crippen molar-refractivity contribution in [1.82, 2.24) is 9.38 Å². The lowest BCUT2D eigenvalue weighted by Crippen LogP contribution is -2.22. The van der Waals surface area contributed by atoms with E-state index in [4.69, 9.17) is 8.92 Å². The fourth-order valence-corrected chi connectivity index (χ4v) is 4.22. The SMILES string of the molecule is COc1cc(C=c2sc3nc4ccccc4n3c2=O)ccc1OS(C)(=O)=O. The van der Waals surface area contributed by atoms with Crippen LogP contribution in [0.3, 0.4) is 0 Å². The number of imidazole rings is 1. The first kappa shape index (κ1) is 17.5. The van der Waals surface area contributed by atoms with Crippen LogP contribution in [-0.2, 0) is 10.1 Å². The molecule has 0 N–H and O–H groups in total. The molecule has 0 aliphatic heterocycles. The molecule has 0 aliphatic rings. The summed E-state index contributed by atoms with van der Waals surface area (Å²) in [5, 5.41) is 0. The van der Waals surface area contributed by atoms with E-state index >= 15 is 0 Å². The van der Waals surface area contributed by atoms with E-state index in [2.05, 4.69) is 4.98 Å². The lowest BCUT2D eigenvalue weighted by Gasteiger charge is -2.08. The molecule has 2 heterocycles. The van der Waals surface area contributed by atoms with E-state index in [1.165, 1.54) is 24.5 Å². The van der Waals surface area contributed by atoms with Gasteiger partial charge in [0, 0.05) is 0 Å². The highest BCUT2D eigenvalue weighted by Crippen LogP contribution is 2.29. The summed E-state index contributed by atoms with van der Waals surface area (Å²) in [6.07, 6.45) is 2.67. The normalized spacial score (nSPS) is 12.7. The van der Waals surface area contributed by atoms with Crippen LogP contribution in [-0.4, -0.2) is 31.2 Å². The number of methoxy groups -OCH3 is 1. The van der Waals surface area contributed by atoms with Gasteiger partial charge in [0.05, 0.1) is 28.9 Å². The number of nitrogens with zero attached hydrogens (tertiary/aromatic N) is 2. The van der Waals surface area contributed by atoms with E-state index < -0.39 is 10.1 Å². The minimum atomic E-state index is -3.67. The minimum absolute atomic E-state index is 0.0893. The van der Waals surface area contributed by atoms with Crippen molar-refractivity contribution in [3.63, 3.8) is 0 Å².